The lowest BCUT2D eigenvalue weighted by atomic mass is 10.1. The molecular formula is C6H12N2O. The Morgan fingerprint density at radius 2 is 2.44 bits per heavy atom. The molecule has 1 aliphatic heterocycles. The normalized spacial score (nSPS) is 26.2. The van der Waals surface area contributed by atoms with Crippen LogP contribution in [0.2, 0.25) is 0 Å². The highest BCUT2D eigenvalue weighted by molar-refractivity contribution is 5.87. The van der Waals surface area contributed by atoms with E-state index in [4.69, 9.17) is 5.11 Å². The summed E-state index contributed by atoms with van der Waals surface area (Å²) in [6.07, 6.45) is 0.236. The first-order chi connectivity index (χ1) is 4.20. The van der Waals surface area contributed by atoms with Gasteiger partial charge in [0.25, 0.3) is 0 Å². The molecule has 0 aromatic carbocycles. The maximum Gasteiger partial charge on any atom is 0.145 e. The van der Waals surface area contributed by atoms with E-state index in [0.717, 1.165) is 5.71 Å². The van der Waals surface area contributed by atoms with Gasteiger partial charge in [-0.25, -0.2) is 0 Å². The third kappa shape index (κ3) is 1.42. The molecule has 0 aliphatic carbocycles. The molecule has 1 unspecified atom stereocenters. The van der Waals surface area contributed by atoms with E-state index in [1.165, 1.54) is 0 Å². The molecule has 1 aliphatic rings. The van der Waals surface area contributed by atoms with E-state index in [2.05, 4.69) is 24.4 Å². The Kier molecular flexibility index (Phi) is 1.71. The SMILES string of the molecule is CC(C)C1=NNC(O)C1. The predicted octanol–water partition coefficient (Wildman–Crippen LogP) is 0.310. The molecule has 52 valence electrons. The fourth-order valence-electron chi connectivity index (χ4n) is 0.812. The molecule has 3 nitrogen and oxygen atoms in total. The van der Waals surface area contributed by atoms with E-state index in [1.807, 2.05) is 0 Å². The van der Waals surface area contributed by atoms with Crippen molar-refractivity contribution >= 4 is 5.71 Å². The maximum absolute atomic E-state index is 8.92. The minimum absolute atomic E-state index is 0.442. The summed E-state index contributed by atoms with van der Waals surface area (Å²) in [7, 11) is 0. The molecule has 0 saturated carbocycles. The second-order valence-corrected chi connectivity index (χ2v) is 2.61. The van der Waals surface area contributed by atoms with Crippen molar-refractivity contribution in [3.63, 3.8) is 0 Å². The number of aliphatic hydroxyl groups excluding tert-OH is 1. The number of hydrogen-bond donors (Lipinski definition) is 2. The van der Waals surface area contributed by atoms with Gasteiger partial charge in [-0.3, -0.25) is 5.43 Å². The standard InChI is InChI=1S/C6H12N2O/c1-4(2)5-3-6(9)8-7-5/h4,6,8-9H,3H2,1-2H3. The van der Waals surface area contributed by atoms with E-state index in [-0.39, 0.29) is 0 Å². The molecule has 0 amide bonds. The van der Waals surface area contributed by atoms with Crippen molar-refractivity contribution in [1.82, 2.24) is 5.43 Å². The minimum atomic E-state index is -0.442. The zero-order chi connectivity index (χ0) is 6.85. The highest BCUT2D eigenvalue weighted by Gasteiger charge is 2.16. The van der Waals surface area contributed by atoms with Gasteiger partial charge in [0.15, 0.2) is 0 Å². The number of aliphatic hydroxyl groups is 1. The molecule has 1 atom stereocenters. The van der Waals surface area contributed by atoms with Crippen molar-refractivity contribution < 1.29 is 5.11 Å². The smallest absolute Gasteiger partial charge is 0.145 e. The van der Waals surface area contributed by atoms with Gasteiger partial charge in [-0.05, 0) is 5.92 Å². The quantitative estimate of drug-likeness (QED) is 0.534. The summed E-state index contributed by atoms with van der Waals surface area (Å²) in [6.45, 7) is 4.14. The van der Waals surface area contributed by atoms with Crippen LogP contribution in [0.4, 0.5) is 0 Å². The predicted molar refractivity (Wildman–Crippen MR) is 36.0 cm³/mol. The Hall–Kier alpha value is -0.570. The summed E-state index contributed by atoms with van der Waals surface area (Å²) >= 11 is 0. The third-order valence-electron chi connectivity index (χ3n) is 1.43. The van der Waals surface area contributed by atoms with Crippen molar-refractivity contribution in [2.45, 2.75) is 26.5 Å². The van der Waals surface area contributed by atoms with Crippen LogP contribution in [-0.4, -0.2) is 17.0 Å². The van der Waals surface area contributed by atoms with E-state index in [9.17, 15) is 0 Å². The molecule has 0 bridgehead atoms. The highest BCUT2D eigenvalue weighted by Crippen LogP contribution is 2.07. The van der Waals surface area contributed by atoms with Gasteiger partial charge in [-0.15, -0.1) is 0 Å². The Balaban J connectivity index is 2.45. The second kappa shape index (κ2) is 2.35. The summed E-state index contributed by atoms with van der Waals surface area (Å²) in [5.74, 6) is 0.453. The number of rotatable bonds is 1. The van der Waals surface area contributed by atoms with Crippen molar-refractivity contribution in [2.75, 3.05) is 0 Å². The zero-order valence-electron chi connectivity index (χ0n) is 5.76. The van der Waals surface area contributed by atoms with Crippen LogP contribution in [0, 0.1) is 5.92 Å². The molecule has 0 fully saturated rings. The zero-order valence-corrected chi connectivity index (χ0v) is 5.76. The summed E-state index contributed by atoms with van der Waals surface area (Å²) < 4.78 is 0. The van der Waals surface area contributed by atoms with Gasteiger partial charge in [0.05, 0.1) is 0 Å². The number of hydrogen-bond acceptors (Lipinski definition) is 3. The van der Waals surface area contributed by atoms with Crippen LogP contribution in [0.3, 0.4) is 0 Å². The summed E-state index contributed by atoms with van der Waals surface area (Å²) in [5.41, 5.74) is 3.65. The van der Waals surface area contributed by atoms with Crippen LogP contribution < -0.4 is 5.43 Å². The molecule has 1 heterocycles. The average Bonchev–Trinajstić information content (AvgIpc) is 2.14. The summed E-state index contributed by atoms with van der Waals surface area (Å²) in [6, 6.07) is 0. The van der Waals surface area contributed by atoms with E-state index in [1.54, 1.807) is 0 Å². The minimum Gasteiger partial charge on any atom is -0.372 e. The van der Waals surface area contributed by atoms with Crippen LogP contribution >= 0.6 is 0 Å². The van der Waals surface area contributed by atoms with Crippen molar-refractivity contribution in [2.24, 2.45) is 11.0 Å². The fraction of sp³-hybridized carbons (Fsp3) is 0.833. The Morgan fingerprint density at radius 3 is 2.67 bits per heavy atom. The molecule has 3 heteroatoms. The average molecular weight is 128 g/mol. The van der Waals surface area contributed by atoms with Gasteiger partial charge in [-0.2, -0.15) is 5.10 Å². The van der Waals surface area contributed by atoms with Crippen molar-refractivity contribution in [1.29, 1.82) is 0 Å². The third-order valence-corrected chi connectivity index (χ3v) is 1.43. The van der Waals surface area contributed by atoms with E-state index >= 15 is 0 Å². The van der Waals surface area contributed by atoms with Crippen molar-refractivity contribution in [3.8, 4) is 0 Å². The lowest BCUT2D eigenvalue weighted by Gasteiger charge is -2.00. The van der Waals surface area contributed by atoms with Crippen LogP contribution in [0.5, 0.6) is 0 Å². The monoisotopic (exact) mass is 128 g/mol. The van der Waals surface area contributed by atoms with Crippen LogP contribution in [0.15, 0.2) is 5.10 Å². The lowest BCUT2D eigenvalue weighted by molar-refractivity contribution is 0.157. The number of hydrazone groups is 1. The number of nitrogens with one attached hydrogen (secondary N) is 1. The molecule has 9 heavy (non-hydrogen) atoms. The molecule has 2 N–H and O–H groups in total. The summed E-state index contributed by atoms with van der Waals surface area (Å²) in [5, 5.41) is 12.9. The first-order valence-electron chi connectivity index (χ1n) is 3.20. The van der Waals surface area contributed by atoms with Gasteiger partial charge in [0.2, 0.25) is 0 Å². The molecular weight excluding hydrogens is 116 g/mol. The Labute approximate surface area is 54.8 Å². The molecule has 0 aromatic rings. The first kappa shape index (κ1) is 6.55. The molecule has 0 saturated heterocycles. The van der Waals surface area contributed by atoms with E-state index < -0.39 is 6.23 Å². The van der Waals surface area contributed by atoms with Crippen LogP contribution in [-0.2, 0) is 0 Å². The van der Waals surface area contributed by atoms with Crippen LogP contribution in [0.25, 0.3) is 0 Å². The second-order valence-electron chi connectivity index (χ2n) is 2.61. The Bertz CT molecular complexity index is 131. The maximum atomic E-state index is 8.92. The topological polar surface area (TPSA) is 44.6 Å². The van der Waals surface area contributed by atoms with E-state index in [0.29, 0.717) is 12.3 Å². The van der Waals surface area contributed by atoms with Crippen molar-refractivity contribution in [3.05, 3.63) is 0 Å². The molecule has 0 aromatic heterocycles. The van der Waals surface area contributed by atoms with Gasteiger partial charge in [-0.1, -0.05) is 13.8 Å². The van der Waals surface area contributed by atoms with Gasteiger partial charge in [0.1, 0.15) is 6.23 Å². The lowest BCUT2D eigenvalue weighted by Crippen LogP contribution is -2.18. The molecule has 0 radical (unpaired) electrons. The molecule has 0 spiro atoms. The number of nitrogens with zero attached hydrogens (tertiary/aromatic N) is 1. The first-order valence-corrected chi connectivity index (χ1v) is 3.20. The largest absolute Gasteiger partial charge is 0.372 e. The Morgan fingerprint density at radius 1 is 1.78 bits per heavy atom. The van der Waals surface area contributed by atoms with Gasteiger partial charge < -0.3 is 5.11 Å². The van der Waals surface area contributed by atoms with Gasteiger partial charge in [0, 0.05) is 12.1 Å². The highest BCUT2D eigenvalue weighted by atomic mass is 16.3. The van der Waals surface area contributed by atoms with Gasteiger partial charge >= 0.3 is 0 Å². The van der Waals surface area contributed by atoms with Crippen LogP contribution in [0.1, 0.15) is 20.3 Å². The fourth-order valence-corrected chi connectivity index (χ4v) is 0.812. The molecule has 1 rings (SSSR count). The summed E-state index contributed by atoms with van der Waals surface area (Å²) in [4.78, 5) is 0.